The van der Waals surface area contributed by atoms with Crippen molar-refractivity contribution in [2.75, 3.05) is 0 Å². The van der Waals surface area contributed by atoms with Gasteiger partial charge >= 0.3 is 5.97 Å². The molecule has 116 valence electrons. The lowest BCUT2D eigenvalue weighted by molar-refractivity contribution is -0.151. The van der Waals surface area contributed by atoms with Gasteiger partial charge in [0.1, 0.15) is 5.54 Å². The molecule has 1 aliphatic carbocycles. The summed E-state index contributed by atoms with van der Waals surface area (Å²) in [5.41, 5.74) is 1.35. The molecular formula is C15H23N3O3. The van der Waals surface area contributed by atoms with E-state index in [1.54, 1.807) is 0 Å². The van der Waals surface area contributed by atoms with Crippen LogP contribution in [0.2, 0.25) is 0 Å². The number of carboxylic acids is 1. The van der Waals surface area contributed by atoms with Gasteiger partial charge in [0.15, 0.2) is 0 Å². The molecule has 0 spiro atoms. The quantitative estimate of drug-likeness (QED) is 0.787. The Balaban J connectivity index is 2.14. The fourth-order valence-corrected chi connectivity index (χ4v) is 3.19. The Labute approximate surface area is 124 Å². The molecule has 0 radical (unpaired) electrons. The van der Waals surface area contributed by atoms with Crippen molar-refractivity contribution in [1.29, 1.82) is 0 Å². The second kappa shape index (κ2) is 5.87. The van der Waals surface area contributed by atoms with Gasteiger partial charge in [0.2, 0.25) is 5.91 Å². The normalized spacial score (nSPS) is 25.6. The maximum atomic E-state index is 12.3. The van der Waals surface area contributed by atoms with Crippen molar-refractivity contribution in [3.63, 3.8) is 0 Å². The first-order valence-corrected chi connectivity index (χ1v) is 7.41. The van der Waals surface area contributed by atoms with E-state index in [9.17, 15) is 14.7 Å². The molecule has 1 saturated carbocycles. The van der Waals surface area contributed by atoms with Gasteiger partial charge < -0.3 is 10.4 Å². The highest BCUT2D eigenvalue weighted by atomic mass is 16.4. The van der Waals surface area contributed by atoms with Crippen molar-refractivity contribution in [2.45, 2.75) is 58.4 Å². The molecule has 0 bridgehead atoms. The molecular weight excluding hydrogens is 270 g/mol. The first kappa shape index (κ1) is 15.5. The molecule has 1 aromatic heterocycles. The fraction of sp³-hybridized carbons (Fsp3) is 0.667. The molecule has 2 atom stereocenters. The lowest BCUT2D eigenvalue weighted by atomic mass is 9.73. The largest absolute Gasteiger partial charge is 0.479 e. The summed E-state index contributed by atoms with van der Waals surface area (Å²) in [5, 5.41) is 19.3. The molecule has 0 saturated heterocycles. The number of hydrogen-bond donors (Lipinski definition) is 3. The van der Waals surface area contributed by atoms with Crippen LogP contribution in [0.1, 0.15) is 49.6 Å². The molecule has 0 aliphatic heterocycles. The highest BCUT2D eigenvalue weighted by Crippen LogP contribution is 2.34. The number of H-pyrrole nitrogens is 1. The molecule has 2 rings (SSSR count). The molecule has 1 aliphatic rings. The zero-order valence-electron chi connectivity index (χ0n) is 12.8. The number of aromatic nitrogens is 2. The molecule has 2 unspecified atom stereocenters. The summed E-state index contributed by atoms with van der Waals surface area (Å²) in [6.07, 6.45) is 3.34. The van der Waals surface area contributed by atoms with E-state index < -0.39 is 11.5 Å². The highest BCUT2D eigenvalue weighted by Gasteiger charge is 2.46. The van der Waals surface area contributed by atoms with Crippen LogP contribution in [-0.2, 0) is 16.0 Å². The van der Waals surface area contributed by atoms with Gasteiger partial charge in [-0.3, -0.25) is 9.89 Å². The SMILES string of the molecule is Cc1n[nH]c(C)c1CC(=O)NC1(C(=O)O)CCCCC1C. The van der Waals surface area contributed by atoms with Gasteiger partial charge in [0.05, 0.1) is 12.1 Å². The highest BCUT2D eigenvalue weighted by molar-refractivity contribution is 5.88. The summed E-state index contributed by atoms with van der Waals surface area (Å²) in [6.45, 7) is 5.60. The Morgan fingerprint density at radius 2 is 2.14 bits per heavy atom. The molecule has 3 N–H and O–H groups in total. The number of carbonyl (C=O) groups is 2. The summed E-state index contributed by atoms with van der Waals surface area (Å²) in [7, 11) is 0. The third-order valence-electron chi connectivity index (χ3n) is 4.66. The van der Waals surface area contributed by atoms with Crippen LogP contribution in [0.5, 0.6) is 0 Å². The first-order valence-electron chi connectivity index (χ1n) is 7.41. The van der Waals surface area contributed by atoms with Crippen molar-refractivity contribution >= 4 is 11.9 Å². The van der Waals surface area contributed by atoms with E-state index in [4.69, 9.17) is 0 Å². The van der Waals surface area contributed by atoms with Gasteiger partial charge in [-0.05, 0) is 32.6 Å². The van der Waals surface area contributed by atoms with Crippen LogP contribution >= 0.6 is 0 Å². The smallest absolute Gasteiger partial charge is 0.329 e. The third kappa shape index (κ3) is 2.94. The summed E-state index contributed by atoms with van der Waals surface area (Å²) in [5.74, 6) is -1.23. The fourth-order valence-electron chi connectivity index (χ4n) is 3.19. The Morgan fingerprint density at radius 1 is 1.43 bits per heavy atom. The maximum Gasteiger partial charge on any atom is 0.329 e. The number of nitrogens with zero attached hydrogens (tertiary/aromatic N) is 1. The number of hydrogen-bond acceptors (Lipinski definition) is 3. The standard InChI is InChI=1S/C15H23N3O3/c1-9-6-4-5-7-15(9,14(20)21)16-13(19)8-12-10(2)17-18-11(12)3/h9H,4-8H2,1-3H3,(H,16,19)(H,17,18)(H,20,21). The molecule has 21 heavy (non-hydrogen) atoms. The van der Waals surface area contributed by atoms with E-state index >= 15 is 0 Å². The third-order valence-corrected chi connectivity index (χ3v) is 4.66. The van der Waals surface area contributed by atoms with E-state index in [-0.39, 0.29) is 18.2 Å². The molecule has 6 heteroatoms. The number of aliphatic carboxylic acids is 1. The van der Waals surface area contributed by atoms with Crippen LogP contribution in [0.25, 0.3) is 0 Å². The van der Waals surface area contributed by atoms with E-state index in [0.29, 0.717) is 6.42 Å². The van der Waals surface area contributed by atoms with Gasteiger partial charge in [0.25, 0.3) is 0 Å². The van der Waals surface area contributed by atoms with Crippen LogP contribution in [0.3, 0.4) is 0 Å². The number of carboxylic acid groups (broad SMARTS) is 1. The number of amides is 1. The second-order valence-electron chi connectivity index (χ2n) is 6.06. The molecule has 1 amide bonds. The van der Waals surface area contributed by atoms with Crippen molar-refractivity contribution in [3.05, 3.63) is 17.0 Å². The lowest BCUT2D eigenvalue weighted by Gasteiger charge is -2.39. The minimum absolute atomic E-state index is 0.0563. The van der Waals surface area contributed by atoms with Crippen molar-refractivity contribution in [1.82, 2.24) is 15.5 Å². The number of rotatable bonds is 4. The zero-order valence-corrected chi connectivity index (χ0v) is 12.8. The topological polar surface area (TPSA) is 95.1 Å². The molecule has 1 fully saturated rings. The summed E-state index contributed by atoms with van der Waals surface area (Å²) < 4.78 is 0. The minimum atomic E-state index is -1.12. The lowest BCUT2D eigenvalue weighted by Crippen LogP contribution is -2.60. The van der Waals surface area contributed by atoms with Crippen molar-refractivity contribution < 1.29 is 14.7 Å². The second-order valence-corrected chi connectivity index (χ2v) is 6.06. The number of nitrogens with one attached hydrogen (secondary N) is 2. The number of aromatic amines is 1. The minimum Gasteiger partial charge on any atom is -0.479 e. The molecule has 6 nitrogen and oxygen atoms in total. The maximum absolute atomic E-state index is 12.3. The van der Waals surface area contributed by atoms with E-state index in [0.717, 1.165) is 36.2 Å². The molecule has 1 aromatic rings. The number of aryl methyl sites for hydroxylation is 2. The van der Waals surface area contributed by atoms with E-state index in [1.165, 1.54) is 0 Å². The summed E-state index contributed by atoms with van der Waals surface area (Å²) in [4.78, 5) is 24.0. The van der Waals surface area contributed by atoms with E-state index in [2.05, 4.69) is 15.5 Å². The van der Waals surface area contributed by atoms with Crippen LogP contribution in [-0.4, -0.2) is 32.7 Å². The van der Waals surface area contributed by atoms with E-state index in [1.807, 2.05) is 20.8 Å². The Morgan fingerprint density at radius 3 is 2.67 bits per heavy atom. The summed E-state index contributed by atoms with van der Waals surface area (Å²) >= 11 is 0. The average Bonchev–Trinajstić information content (AvgIpc) is 2.73. The molecule has 1 heterocycles. The van der Waals surface area contributed by atoms with Gasteiger partial charge in [-0.15, -0.1) is 0 Å². The van der Waals surface area contributed by atoms with Crippen LogP contribution in [0, 0.1) is 19.8 Å². The van der Waals surface area contributed by atoms with Gasteiger partial charge in [0, 0.05) is 11.3 Å². The van der Waals surface area contributed by atoms with Crippen LogP contribution in [0.4, 0.5) is 0 Å². The predicted octanol–water partition coefficient (Wildman–Crippen LogP) is 1.72. The summed E-state index contributed by atoms with van der Waals surface area (Å²) in [6, 6.07) is 0. The van der Waals surface area contributed by atoms with Crippen molar-refractivity contribution in [2.24, 2.45) is 5.92 Å². The Bertz CT molecular complexity index is 533. The Hall–Kier alpha value is -1.85. The van der Waals surface area contributed by atoms with Crippen LogP contribution in [0.15, 0.2) is 0 Å². The Kier molecular flexibility index (Phi) is 4.34. The average molecular weight is 293 g/mol. The predicted molar refractivity (Wildman–Crippen MR) is 77.9 cm³/mol. The molecule has 0 aromatic carbocycles. The zero-order chi connectivity index (χ0) is 15.6. The van der Waals surface area contributed by atoms with Gasteiger partial charge in [-0.1, -0.05) is 19.8 Å². The first-order chi connectivity index (χ1) is 9.86. The van der Waals surface area contributed by atoms with Crippen LogP contribution < -0.4 is 5.32 Å². The number of carbonyl (C=O) groups excluding carboxylic acids is 1. The van der Waals surface area contributed by atoms with Gasteiger partial charge in [-0.2, -0.15) is 5.10 Å². The van der Waals surface area contributed by atoms with Gasteiger partial charge in [-0.25, -0.2) is 4.79 Å². The monoisotopic (exact) mass is 293 g/mol. The van der Waals surface area contributed by atoms with Crippen molar-refractivity contribution in [3.8, 4) is 0 Å².